The van der Waals surface area contributed by atoms with Gasteiger partial charge in [0.1, 0.15) is 0 Å². The summed E-state index contributed by atoms with van der Waals surface area (Å²) in [5.74, 6) is 0.896. The molecule has 0 bridgehead atoms. The Labute approximate surface area is 120 Å². The van der Waals surface area contributed by atoms with Crippen LogP contribution in [0.25, 0.3) is 0 Å². The molecule has 0 radical (unpaired) electrons. The monoisotopic (exact) mass is 322 g/mol. The first kappa shape index (κ1) is 13.6. The van der Waals surface area contributed by atoms with E-state index in [1.165, 1.54) is 4.90 Å². The average molecular weight is 323 g/mol. The van der Waals surface area contributed by atoms with E-state index in [1.54, 1.807) is 11.8 Å². The zero-order valence-corrected chi connectivity index (χ0v) is 12.3. The third-order valence-corrected chi connectivity index (χ3v) is 4.13. The lowest BCUT2D eigenvalue weighted by Crippen LogP contribution is -2.25. The largest absolute Gasteiger partial charge is 0.327 e. The van der Waals surface area contributed by atoms with Crippen LogP contribution in [0.15, 0.2) is 58.0 Å². The molecule has 1 heterocycles. The summed E-state index contributed by atoms with van der Waals surface area (Å²) < 4.78 is 1.10. The highest BCUT2D eigenvalue weighted by atomic mass is 79.9. The van der Waals surface area contributed by atoms with Gasteiger partial charge >= 0.3 is 0 Å². The molecule has 1 aromatic heterocycles. The van der Waals surface area contributed by atoms with E-state index in [0.29, 0.717) is 0 Å². The first-order chi connectivity index (χ1) is 8.74. The number of hydrogen-bond acceptors (Lipinski definition) is 3. The summed E-state index contributed by atoms with van der Waals surface area (Å²) in [6.45, 7) is 0. The Morgan fingerprint density at radius 3 is 2.83 bits per heavy atom. The maximum atomic E-state index is 6.12. The molecule has 0 spiro atoms. The Balaban J connectivity index is 1.83. The minimum Gasteiger partial charge on any atom is -0.327 e. The summed E-state index contributed by atoms with van der Waals surface area (Å²) in [4.78, 5) is 5.53. The average Bonchev–Trinajstić information content (AvgIpc) is 2.38. The number of pyridine rings is 1. The second-order valence-corrected chi connectivity index (χ2v) is 6.06. The Morgan fingerprint density at radius 1 is 1.22 bits per heavy atom. The summed E-state index contributed by atoms with van der Waals surface area (Å²) >= 11 is 5.25. The van der Waals surface area contributed by atoms with Gasteiger partial charge in [0.05, 0.1) is 0 Å². The summed E-state index contributed by atoms with van der Waals surface area (Å²) in [7, 11) is 0. The van der Waals surface area contributed by atoms with Crippen LogP contribution in [0.2, 0.25) is 0 Å². The molecule has 2 nitrogen and oxygen atoms in total. The molecule has 0 aliphatic carbocycles. The van der Waals surface area contributed by atoms with Crippen LogP contribution >= 0.6 is 27.7 Å². The molecule has 0 aliphatic rings. The molecule has 1 unspecified atom stereocenters. The highest BCUT2D eigenvalue weighted by Crippen LogP contribution is 2.22. The minimum absolute atomic E-state index is 0.129. The molecule has 2 aromatic rings. The Hall–Kier alpha value is -0.840. The van der Waals surface area contributed by atoms with Crippen molar-refractivity contribution in [1.29, 1.82) is 0 Å². The molecule has 0 amide bonds. The van der Waals surface area contributed by atoms with Gasteiger partial charge in [-0.2, -0.15) is 0 Å². The van der Waals surface area contributed by atoms with Crippen LogP contribution in [-0.2, 0) is 6.42 Å². The van der Waals surface area contributed by atoms with Crippen molar-refractivity contribution >= 4 is 27.7 Å². The predicted molar refractivity (Wildman–Crippen MR) is 80.8 cm³/mol. The number of aromatic nitrogens is 1. The second kappa shape index (κ2) is 6.92. The summed E-state index contributed by atoms with van der Waals surface area (Å²) in [6.07, 6.45) is 2.63. The maximum Gasteiger partial charge on any atom is 0.0419 e. The molecule has 0 fully saturated rings. The van der Waals surface area contributed by atoms with E-state index in [9.17, 15) is 0 Å². The molecule has 1 aromatic carbocycles. The molecular weight excluding hydrogens is 308 g/mol. The van der Waals surface area contributed by atoms with Crippen LogP contribution in [0.1, 0.15) is 5.69 Å². The number of thioether (sulfide) groups is 1. The lowest BCUT2D eigenvalue weighted by Gasteiger charge is -2.10. The molecule has 0 saturated heterocycles. The van der Waals surface area contributed by atoms with Crippen molar-refractivity contribution in [3.05, 3.63) is 58.8 Å². The standard InChI is InChI=1S/C14H15BrN2S/c15-11-4-3-6-14(8-11)18-10-12(16)9-13-5-1-2-7-17-13/h1-8,12H,9-10,16H2. The second-order valence-electron chi connectivity index (χ2n) is 4.05. The van der Waals surface area contributed by atoms with E-state index in [2.05, 4.69) is 33.0 Å². The highest BCUT2D eigenvalue weighted by molar-refractivity contribution is 9.10. The van der Waals surface area contributed by atoms with E-state index in [0.717, 1.165) is 22.3 Å². The predicted octanol–water partition coefficient (Wildman–Crippen LogP) is 3.51. The molecular formula is C14H15BrN2S. The van der Waals surface area contributed by atoms with Crippen LogP contribution in [0.4, 0.5) is 0 Å². The van der Waals surface area contributed by atoms with Crippen molar-refractivity contribution in [3.8, 4) is 0 Å². The number of nitrogens with zero attached hydrogens (tertiary/aromatic N) is 1. The van der Waals surface area contributed by atoms with Crippen molar-refractivity contribution in [1.82, 2.24) is 4.98 Å². The van der Waals surface area contributed by atoms with Gasteiger partial charge in [0.2, 0.25) is 0 Å². The number of benzene rings is 1. The Kier molecular flexibility index (Phi) is 5.23. The molecule has 0 saturated carbocycles. The summed E-state index contributed by atoms with van der Waals surface area (Å²) in [6, 6.07) is 14.3. The lowest BCUT2D eigenvalue weighted by molar-refractivity contribution is 0.732. The molecule has 2 rings (SSSR count). The Bertz CT molecular complexity index is 490. The van der Waals surface area contributed by atoms with E-state index in [4.69, 9.17) is 5.73 Å². The van der Waals surface area contributed by atoms with Gasteiger partial charge in [-0.1, -0.05) is 28.1 Å². The fraction of sp³-hybridized carbons (Fsp3) is 0.214. The summed E-state index contributed by atoms with van der Waals surface area (Å²) in [5, 5.41) is 0. The van der Waals surface area contributed by atoms with Crippen LogP contribution in [0.5, 0.6) is 0 Å². The van der Waals surface area contributed by atoms with E-state index >= 15 is 0 Å². The molecule has 4 heteroatoms. The first-order valence-electron chi connectivity index (χ1n) is 5.78. The lowest BCUT2D eigenvalue weighted by atomic mass is 10.2. The van der Waals surface area contributed by atoms with Gasteiger partial charge in [-0.15, -0.1) is 11.8 Å². The minimum atomic E-state index is 0.129. The molecule has 0 aliphatic heterocycles. The number of halogens is 1. The quantitative estimate of drug-likeness (QED) is 0.856. The van der Waals surface area contributed by atoms with Gasteiger partial charge in [0.25, 0.3) is 0 Å². The molecule has 1 atom stereocenters. The Morgan fingerprint density at radius 2 is 2.11 bits per heavy atom. The molecule has 18 heavy (non-hydrogen) atoms. The van der Waals surface area contributed by atoms with Crippen LogP contribution in [0, 0.1) is 0 Å². The van der Waals surface area contributed by atoms with Gasteiger partial charge in [0, 0.05) is 39.5 Å². The van der Waals surface area contributed by atoms with Crippen LogP contribution in [0.3, 0.4) is 0 Å². The van der Waals surface area contributed by atoms with Crippen LogP contribution in [-0.4, -0.2) is 16.8 Å². The summed E-state index contributed by atoms with van der Waals surface area (Å²) in [5.41, 5.74) is 7.17. The maximum absolute atomic E-state index is 6.12. The SMILES string of the molecule is NC(CSc1cccc(Br)c1)Cc1ccccn1. The fourth-order valence-electron chi connectivity index (χ4n) is 1.61. The smallest absolute Gasteiger partial charge is 0.0419 e. The van der Waals surface area contributed by atoms with Crippen molar-refractivity contribution in [3.63, 3.8) is 0 Å². The zero-order chi connectivity index (χ0) is 12.8. The van der Waals surface area contributed by atoms with E-state index in [-0.39, 0.29) is 6.04 Å². The van der Waals surface area contributed by atoms with Crippen LogP contribution < -0.4 is 5.73 Å². The van der Waals surface area contributed by atoms with E-state index < -0.39 is 0 Å². The number of rotatable bonds is 5. The van der Waals surface area contributed by atoms with Gasteiger partial charge in [-0.05, 0) is 30.3 Å². The number of nitrogens with two attached hydrogens (primary N) is 1. The molecule has 2 N–H and O–H groups in total. The van der Waals surface area contributed by atoms with E-state index in [1.807, 2.05) is 36.5 Å². The van der Waals surface area contributed by atoms with Gasteiger partial charge in [0.15, 0.2) is 0 Å². The normalized spacial score (nSPS) is 12.3. The topological polar surface area (TPSA) is 38.9 Å². The highest BCUT2D eigenvalue weighted by Gasteiger charge is 2.06. The van der Waals surface area contributed by atoms with Gasteiger partial charge in [-0.3, -0.25) is 4.98 Å². The van der Waals surface area contributed by atoms with Crippen molar-refractivity contribution in [2.45, 2.75) is 17.4 Å². The van der Waals surface area contributed by atoms with Crippen molar-refractivity contribution in [2.75, 3.05) is 5.75 Å². The van der Waals surface area contributed by atoms with Gasteiger partial charge in [-0.25, -0.2) is 0 Å². The number of hydrogen-bond donors (Lipinski definition) is 1. The molecule has 94 valence electrons. The van der Waals surface area contributed by atoms with Crippen molar-refractivity contribution < 1.29 is 0 Å². The third kappa shape index (κ3) is 4.44. The zero-order valence-electron chi connectivity index (χ0n) is 9.92. The van der Waals surface area contributed by atoms with Crippen molar-refractivity contribution in [2.24, 2.45) is 5.73 Å². The fourth-order valence-corrected chi connectivity index (χ4v) is 3.07. The van der Waals surface area contributed by atoms with Gasteiger partial charge < -0.3 is 5.73 Å². The first-order valence-corrected chi connectivity index (χ1v) is 7.56. The third-order valence-electron chi connectivity index (χ3n) is 2.46.